The molecule has 1 aliphatic rings. The summed E-state index contributed by atoms with van der Waals surface area (Å²) in [4.78, 5) is 27.6. The van der Waals surface area contributed by atoms with Crippen LogP contribution in [-0.2, 0) is 15.8 Å². The highest BCUT2D eigenvalue weighted by atomic mass is 19.4. The molecule has 0 saturated carbocycles. The molecule has 1 heterocycles. The molecule has 186 valence electrons. The number of methoxy groups -OCH3 is 1. The van der Waals surface area contributed by atoms with E-state index < -0.39 is 35.2 Å². The average Bonchev–Trinajstić information content (AvgIpc) is 3.10. The van der Waals surface area contributed by atoms with Gasteiger partial charge in [-0.25, -0.2) is 0 Å². The van der Waals surface area contributed by atoms with E-state index >= 15 is 0 Å². The second kappa shape index (κ2) is 9.18. The van der Waals surface area contributed by atoms with Gasteiger partial charge in [-0.3, -0.25) is 14.5 Å². The lowest BCUT2D eigenvalue weighted by atomic mass is 9.92. The second-order valence-electron chi connectivity index (χ2n) is 8.77. The molecule has 5 nitrogen and oxygen atoms in total. The lowest BCUT2D eigenvalue weighted by molar-refractivity contribution is -0.137. The van der Waals surface area contributed by atoms with Crippen molar-refractivity contribution in [3.05, 3.63) is 99.6 Å². The molecule has 0 bridgehead atoms. The molecular weight excluding hydrogens is 471 g/mol. The number of anilines is 1. The van der Waals surface area contributed by atoms with Crippen molar-refractivity contribution in [2.24, 2.45) is 0 Å². The van der Waals surface area contributed by atoms with Gasteiger partial charge < -0.3 is 9.84 Å². The van der Waals surface area contributed by atoms with Crippen LogP contribution in [0.3, 0.4) is 0 Å². The van der Waals surface area contributed by atoms with Crippen LogP contribution in [0.15, 0.2) is 66.2 Å². The van der Waals surface area contributed by atoms with Crippen LogP contribution in [0.4, 0.5) is 18.9 Å². The molecule has 0 radical (unpaired) electrons. The number of hydrogen-bond donors (Lipinski definition) is 1. The topological polar surface area (TPSA) is 66.8 Å². The van der Waals surface area contributed by atoms with E-state index in [0.29, 0.717) is 28.0 Å². The van der Waals surface area contributed by atoms with E-state index in [2.05, 4.69) is 0 Å². The largest absolute Gasteiger partial charge is 0.507 e. The van der Waals surface area contributed by atoms with Gasteiger partial charge in [0.15, 0.2) is 0 Å². The summed E-state index contributed by atoms with van der Waals surface area (Å²) in [5.41, 5.74) is 1.68. The first-order valence-corrected chi connectivity index (χ1v) is 11.1. The molecular formula is C28H24F3NO4. The van der Waals surface area contributed by atoms with Gasteiger partial charge in [0.2, 0.25) is 0 Å². The molecule has 3 aromatic rings. The number of nitrogens with zero attached hydrogens (tertiary/aromatic N) is 1. The van der Waals surface area contributed by atoms with E-state index in [4.69, 9.17) is 4.74 Å². The Morgan fingerprint density at radius 2 is 1.64 bits per heavy atom. The highest BCUT2D eigenvalue weighted by Gasteiger charge is 2.47. The van der Waals surface area contributed by atoms with E-state index in [0.717, 1.165) is 22.6 Å². The summed E-state index contributed by atoms with van der Waals surface area (Å²) in [7, 11) is 1.51. The quantitative estimate of drug-likeness (QED) is 0.263. The van der Waals surface area contributed by atoms with Crippen LogP contribution in [0.2, 0.25) is 0 Å². The molecule has 0 aliphatic carbocycles. The van der Waals surface area contributed by atoms with Crippen LogP contribution in [0.25, 0.3) is 5.76 Å². The minimum Gasteiger partial charge on any atom is -0.507 e. The van der Waals surface area contributed by atoms with Crippen LogP contribution in [0.1, 0.15) is 39.4 Å². The number of benzene rings is 3. The van der Waals surface area contributed by atoms with Gasteiger partial charge in [-0.15, -0.1) is 0 Å². The first-order chi connectivity index (χ1) is 16.9. The summed E-state index contributed by atoms with van der Waals surface area (Å²) in [6.45, 7) is 5.31. The predicted octanol–water partition coefficient (Wildman–Crippen LogP) is 6.27. The van der Waals surface area contributed by atoms with Crippen LogP contribution < -0.4 is 9.64 Å². The number of Topliss-reactive ketones (excluding diaryl/α,β-unsaturated/α-hetero) is 1. The number of ether oxygens (including phenoxy) is 1. The second-order valence-corrected chi connectivity index (χ2v) is 8.77. The molecule has 4 rings (SSSR count). The minimum atomic E-state index is -4.64. The van der Waals surface area contributed by atoms with Crippen molar-refractivity contribution >= 4 is 23.1 Å². The van der Waals surface area contributed by atoms with Crippen LogP contribution in [0, 0.1) is 20.8 Å². The van der Waals surface area contributed by atoms with Gasteiger partial charge in [0.25, 0.3) is 11.7 Å². The Morgan fingerprint density at radius 3 is 2.28 bits per heavy atom. The van der Waals surface area contributed by atoms with E-state index in [9.17, 15) is 27.9 Å². The van der Waals surface area contributed by atoms with Crippen LogP contribution in [0.5, 0.6) is 5.75 Å². The standard InChI is InChI=1S/C28H24F3NO4/c1-15-7-5-8-18(11-15)24-23(25(33)21-12-17(3)22(36-4)13-16(21)2)26(34)27(35)32(24)20-10-6-9-19(14-20)28(29,30)31/h5-14,24,33H,1-4H3/b25-23+. The molecule has 1 amide bonds. The summed E-state index contributed by atoms with van der Waals surface area (Å²) < 4.78 is 45.6. The Bertz CT molecular complexity index is 1410. The lowest BCUT2D eigenvalue weighted by Gasteiger charge is -2.26. The van der Waals surface area contributed by atoms with Gasteiger partial charge in [0.05, 0.1) is 24.3 Å². The number of rotatable bonds is 4. The van der Waals surface area contributed by atoms with E-state index in [1.165, 1.54) is 19.2 Å². The SMILES string of the molecule is COc1cc(C)c(/C(O)=C2\C(=O)C(=O)N(c3cccc(C(F)(F)F)c3)C2c2cccc(C)c2)cc1C. The van der Waals surface area contributed by atoms with Crippen molar-refractivity contribution in [2.75, 3.05) is 12.0 Å². The van der Waals surface area contributed by atoms with Gasteiger partial charge in [0, 0.05) is 11.3 Å². The molecule has 1 saturated heterocycles. The molecule has 1 atom stereocenters. The monoisotopic (exact) mass is 495 g/mol. The smallest absolute Gasteiger partial charge is 0.416 e. The van der Waals surface area contributed by atoms with E-state index in [1.807, 2.05) is 13.0 Å². The average molecular weight is 495 g/mol. The Kier molecular flexibility index (Phi) is 6.39. The summed E-state index contributed by atoms with van der Waals surface area (Å²) >= 11 is 0. The Hall–Kier alpha value is -4.07. The molecule has 8 heteroatoms. The number of halogens is 3. The maximum absolute atomic E-state index is 13.4. The Morgan fingerprint density at radius 1 is 0.944 bits per heavy atom. The van der Waals surface area contributed by atoms with Crippen molar-refractivity contribution in [3.63, 3.8) is 0 Å². The molecule has 0 spiro atoms. The fraction of sp³-hybridized carbons (Fsp3) is 0.214. The van der Waals surface area contributed by atoms with E-state index in [1.54, 1.807) is 44.2 Å². The number of hydrogen-bond acceptors (Lipinski definition) is 4. The van der Waals surface area contributed by atoms with Gasteiger partial charge in [-0.05, 0) is 67.8 Å². The summed E-state index contributed by atoms with van der Waals surface area (Å²) in [5.74, 6) is -1.82. The summed E-state index contributed by atoms with van der Waals surface area (Å²) in [6, 6.07) is 13.4. The van der Waals surface area contributed by atoms with Crippen molar-refractivity contribution in [1.29, 1.82) is 0 Å². The third-order valence-electron chi connectivity index (χ3n) is 6.25. The fourth-order valence-electron chi connectivity index (χ4n) is 4.50. The number of aliphatic hydroxyl groups excluding tert-OH is 1. The maximum Gasteiger partial charge on any atom is 0.416 e. The molecule has 3 aromatic carbocycles. The zero-order chi connectivity index (χ0) is 26.4. The molecule has 1 unspecified atom stereocenters. The number of carbonyl (C=O) groups is 2. The normalized spacial score (nSPS) is 17.5. The number of aliphatic hydroxyl groups is 1. The fourth-order valence-corrected chi connectivity index (χ4v) is 4.50. The van der Waals surface area contributed by atoms with Gasteiger partial charge in [-0.2, -0.15) is 13.2 Å². The van der Waals surface area contributed by atoms with Gasteiger partial charge in [0.1, 0.15) is 11.5 Å². The Balaban J connectivity index is 1.98. The van der Waals surface area contributed by atoms with Crippen LogP contribution >= 0.6 is 0 Å². The summed E-state index contributed by atoms with van der Waals surface area (Å²) in [5, 5.41) is 11.4. The molecule has 1 fully saturated rings. The highest BCUT2D eigenvalue weighted by Crippen LogP contribution is 2.44. The number of ketones is 1. The zero-order valence-electron chi connectivity index (χ0n) is 20.1. The van der Waals surface area contributed by atoms with Gasteiger partial charge in [-0.1, -0.05) is 35.9 Å². The third kappa shape index (κ3) is 4.34. The number of amides is 1. The van der Waals surface area contributed by atoms with Crippen molar-refractivity contribution in [2.45, 2.75) is 33.0 Å². The van der Waals surface area contributed by atoms with Crippen LogP contribution in [-0.4, -0.2) is 23.9 Å². The molecule has 0 aromatic heterocycles. The molecule has 1 N–H and O–H groups in total. The molecule has 36 heavy (non-hydrogen) atoms. The Labute approximate surface area is 206 Å². The van der Waals surface area contributed by atoms with Crippen molar-refractivity contribution in [1.82, 2.24) is 0 Å². The first kappa shape index (κ1) is 25.0. The predicted molar refractivity (Wildman–Crippen MR) is 130 cm³/mol. The minimum absolute atomic E-state index is 0.0971. The number of aryl methyl sites for hydroxylation is 3. The van der Waals surface area contributed by atoms with Crippen molar-refractivity contribution < 1.29 is 32.6 Å². The maximum atomic E-state index is 13.4. The van der Waals surface area contributed by atoms with Crippen molar-refractivity contribution in [3.8, 4) is 5.75 Å². The van der Waals surface area contributed by atoms with Gasteiger partial charge >= 0.3 is 6.18 Å². The van der Waals surface area contributed by atoms with E-state index in [-0.39, 0.29) is 11.3 Å². The number of carbonyl (C=O) groups excluding carboxylic acids is 2. The third-order valence-corrected chi connectivity index (χ3v) is 6.25. The highest BCUT2D eigenvalue weighted by molar-refractivity contribution is 6.51. The zero-order valence-corrected chi connectivity index (χ0v) is 20.1. The first-order valence-electron chi connectivity index (χ1n) is 11.1. The summed E-state index contributed by atoms with van der Waals surface area (Å²) in [6.07, 6.45) is -4.64. The number of alkyl halides is 3. The lowest BCUT2D eigenvalue weighted by Crippen LogP contribution is -2.29. The molecule has 1 aliphatic heterocycles.